The van der Waals surface area contributed by atoms with E-state index >= 15 is 0 Å². The van der Waals surface area contributed by atoms with E-state index in [1.807, 2.05) is 32.2 Å². The van der Waals surface area contributed by atoms with E-state index in [4.69, 9.17) is 16.3 Å². The van der Waals surface area contributed by atoms with Crippen molar-refractivity contribution in [3.63, 3.8) is 0 Å². The van der Waals surface area contributed by atoms with E-state index in [-0.39, 0.29) is 0 Å². The maximum atomic E-state index is 6.30. The molecule has 0 radical (unpaired) electrons. The van der Waals surface area contributed by atoms with Gasteiger partial charge >= 0.3 is 0 Å². The second kappa shape index (κ2) is 6.96. The monoisotopic (exact) mass is 420 g/mol. The van der Waals surface area contributed by atoms with E-state index in [9.17, 15) is 0 Å². The molecule has 0 spiro atoms. The highest BCUT2D eigenvalue weighted by molar-refractivity contribution is 9.10. The van der Waals surface area contributed by atoms with Crippen molar-refractivity contribution in [3.8, 4) is 5.75 Å². The van der Waals surface area contributed by atoms with E-state index in [0.717, 1.165) is 38.9 Å². The Hall–Kier alpha value is -0.520. The number of benzene rings is 1. The third kappa shape index (κ3) is 3.38. The van der Waals surface area contributed by atoms with Crippen molar-refractivity contribution in [2.75, 3.05) is 0 Å². The van der Waals surface area contributed by atoms with E-state index in [2.05, 4.69) is 37.0 Å². The van der Waals surface area contributed by atoms with Gasteiger partial charge in [0.05, 0.1) is 16.4 Å². The molecule has 1 aromatic carbocycles. The summed E-state index contributed by atoms with van der Waals surface area (Å²) in [5.41, 5.74) is 2.95. The summed E-state index contributed by atoms with van der Waals surface area (Å²) < 4.78 is 8.67. The Labute approximate surface area is 140 Å². The van der Waals surface area contributed by atoms with Crippen LogP contribution in [0.4, 0.5) is 0 Å². The zero-order valence-electron chi connectivity index (χ0n) is 11.3. The van der Waals surface area contributed by atoms with Crippen LogP contribution < -0.4 is 4.74 Å². The number of hydrogen-bond acceptors (Lipinski definition) is 2. The average molecular weight is 423 g/mol. The Morgan fingerprint density at radius 1 is 1.40 bits per heavy atom. The minimum absolute atomic E-state index is 0.408. The Balaban J connectivity index is 2.15. The Morgan fingerprint density at radius 3 is 2.75 bits per heavy atom. The molecule has 0 N–H and O–H groups in total. The zero-order valence-corrected chi connectivity index (χ0v) is 15.2. The predicted octanol–water partition coefficient (Wildman–Crippen LogP) is 4.87. The fraction of sp³-hybridized carbons (Fsp3) is 0.357. The molecule has 0 aliphatic heterocycles. The summed E-state index contributed by atoms with van der Waals surface area (Å²) in [7, 11) is 1.88. The molecule has 20 heavy (non-hydrogen) atoms. The topological polar surface area (TPSA) is 27.1 Å². The van der Waals surface area contributed by atoms with Gasteiger partial charge in [0.2, 0.25) is 0 Å². The smallest absolute Gasteiger partial charge is 0.131 e. The molecule has 0 aliphatic carbocycles. The van der Waals surface area contributed by atoms with Crippen LogP contribution in [0.5, 0.6) is 5.75 Å². The summed E-state index contributed by atoms with van der Waals surface area (Å²) in [5.74, 6) is 0.818. The van der Waals surface area contributed by atoms with Crippen molar-refractivity contribution in [3.05, 3.63) is 44.6 Å². The SMILES string of the molecule is CCc1nn(C)c(COc2ccc(Br)c(CBr)c2)c1Cl. The molecule has 2 rings (SSSR count). The first kappa shape index (κ1) is 15.9. The van der Waals surface area contributed by atoms with Crippen LogP contribution in [0.15, 0.2) is 22.7 Å². The van der Waals surface area contributed by atoms with Crippen molar-refractivity contribution < 1.29 is 4.74 Å². The van der Waals surface area contributed by atoms with Gasteiger partial charge in [0.25, 0.3) is 0 Å². The molecule has 0 saturated carbocycles. The van der Waals surface area contributed by atoms with Gasteiger partial charge in [-0.05, 0) is 30.2 Å². The summed E-state index contributed by atoms with van der Waals surface area (Å²) in [5, 5.41) is 5.86. The highest BCUT2D eigenvalue weighted by atomic mass is 79.9. The number of aromatic nitrogens is 2. The second-order valence-corrected chi connectivity index (χ2v) is 6.15. The van der Waals surface area contributed by atoms with Crippen molar-refractivity contribution in [1.82, 2.24) is 9.78 Å². The normalized spacial score (nSPS) is 10.8. The second-order valence-electron chi connectivity index (χ2n) is 4.36. The quantitative estimate of drug-likeness (QED) is 0.643. The maximum Gasteiger partial charge on any atom is 0.131 e. The highest BCUT2D eigenvalue weighted by Crippen LogP contribution is 2.26. The first-order valence-corrected chi connectivity index (χ1v) is 8.53. The van der Waals surface area contributed by atoms with Crippen LogP contribution in [0.25, 0.3) is 0 Å². The third-order valence-corrected chi connectivity index (χ3v) is 4.85. The Bertz CT molecular complexity index is 613. The van der Waals surface area contributed by atoms with Gasteiger partial charge in [-0.25, -0.2) is 0 Å². The molecule has 2 aromatic rings. The van der Waals surface area contributed by atoms with Gasteiger partial charge in [-0.1, -0.05) is 50.4 Å². The van der Waals surface area contributed by atoms with E-state index < -0.39 is 0 Å². The molecule has 1 heterocycles. The lowest BCUT2D eigenvalue weighted by Gasteiger charge is -2.09. The average Bonchev–Trinajstić information content (AvgIpc) is 2.72. The van der Waals surface area contributed by atoms with Crippen LogP contribution in [-0.2, 0) is 25.4 Å². The summed E-state index contributed by atoms with van der Waals surface area (Å²) in [6, 6.07) is 5.92. The largest absolute Gasteiger partial charge is 0.487 e. The van der Waals surface area contributed by atoms with Crippen LogP contribution in [0.1, 0.15) is 23.9 Å². The van der Waals surface area contributed by atoms with Gasteiger partial charge in [0.15, 0.2) is 0 Å². The van der Waals surface area contributed by atoms with Crippen LogP contribution in [0.3, 0.4) is 0 Å². The van der Waals surface area contributed by atoms with E-state index in [0.29, 0.717) is 11.6 Å². The maximum absolute atomic E-state index is 6.30. The van der Waals surface area contributed by atoms with Gasteiger partial charge in [-0.3, -0.25) is 4.68 Å². The van der Waals surface area contributed by atoms with Crippen molar-refractivity contribution in [2.45, 2.75) is 25.3 Å². The molecule has 108 valence electrons. The molecule has 0 fully saturated rings. The Kier molecular flexibility index (Phi) is 5.52. The van der Waals surface area contributed by atoms with Crippen LogP contribution in [0, 0.1) is 0 Å². The number of halogens is 3. The first-order valence-electron chi connectivity index (χ1n) is 6.24. The minimum atomic E-state index is 0.408. The number of nitrogens with zero attached hydrogens (tertiary/aromatic N) is 2. The number of aryl methyl sites for hydroxylation is 2. The zero-order chi connectivity index (χ0) is 14.7. The number of rotatable bonds is 5. The highest BCUT2D eigenvalue weighted by Gasteiger charge is 2.13. The summed E-state index contributed by atoms with van der Waals surface area (Å²) in [6.07, 6.45) is 0.818. The summed E-state index contributed by atoms with van der Waals surface area (Å²) in [6.45, 7) is 2.45. The third-order valence-electron chi connectivity index (χ3n) is 3.04. The van der Waals surface area contributed by atoms with Crippen molar-refractivity contribution in [2.24, 2.45) is 7.05 Å². The minimum Gasteiger partial charge on any atom is -0.487 e. The Morgan fingerprint density at radius 2 is 2.15 bits per heavy atom. The van der Waals surface area contributed by atoms with Crippen molar-refractivity contribution >= 4 is 43.5 Å². The molecular weight excluding hydrogens is 407 g/mol. The molecule has 0 amide bonds. The lowest BCUT2D eigenvalue weighted by Crippen LogP contribution is -2.03. The first-order chi connectivity index (χ1) is 9.56. The molecular formula is C14H15Br2ClN2O. The van der Waals surface area contributed by atoms with Crippen LogP contribution in [-0.4, -0.2) is 9.78 Å². The van der Waals surface area contributed by atoms with Gasteiger partial charge in [0, 0.05) is 16.9 Å². The molecule has 1 aromatic heterocycles. The fourth-order valence-corrected chi connectivity index (χ4v) is 3.45. The molecule has 3 nitrogen and oxygen atoms in total. The lowest BCUT2D eigenvalue weighted by atomic mass is 10.2. The number of ether oxygens (including phenoxy) is 1. The van der Waals surface area contributed by atoms with Crippen LogP contribution >= 0.6 is 43.5 Å². The van der Waals surface area contributed by atoms with Crippen LogP contribution in [0.2, 0.25) is 5.02 Å². The number of alkyl halides is 1. The van der Waals surface area contributed by atoms with E-state index in [1.54, 1.807) is 4.68 Å². The van der Waals surface area contributed by atoms with Crippen molar-refractivity contribution in [1.29, 1.82) is 0 Å². The molecule has 0 aliphatic rings. The summed E-state index contributed by atoms with van der Waals surface area (Å²) in [4.78, 5) is 0. The lowest BCUT2D eigenvalue weighted by molar-refractivity contribution is 0.294. The molecule has 0 bridgehead atoms. The van der Waals surface area contributed by atoms with Gasteiger partial charge in [-0.2, -0.15) is 5.10 Å². The predicted molar refractivity (Wildman–Crippen MR) is 88.7 cm³/mol. The fourth-order valence-electron chi connectivity index (χ4n) is 1.87. The van der Waals surface area contributed by atoms with Gasteiger partial charge in [-0.15, -0.1) is 0 Å². The molecule has 0 atom stereocenters. The molecule has 0 saturated heterocycles. The summed E-state index contributed by atoms with van der Waals surface area (Å²) >= 11 is 13.3. The molecule has 6 heteroatoms. The standard InChI is InChI=1S/C14H15Br2ClN2O/c1-3-12-14(17)13(19(2)18-12)8-20-10-4-5-11(16)9(6-10)7-15/h4-6H,3,7-8H2,1-2H3. The van der Waals surface area contributed by atoms with E-state index in [1.165, 1.54) is 0 Å². The van der Waals surface area contributed by atoms with Gasteiger partial charge < -0.3 is 4.74 Å². The molecule has 0 unspecified atom stereocenters. The number of hydrogen-bond donors (Lipinski definition) is 0. The van der Waals surface area contributed by atoms with Gasteiger partial charge in [0.1, 0.15) is 12.4 Å².